The number of benzene rings is 1. The normalized spacial score (nSPS) is 25.6. The van der Waals surface area contributed by atoms with Gasteiger partial charge < -0.3 is 30.1 Å². The fraction of sp³-hybridized carbons (Fsp3) is 0.536. The molecule has 3 aliphatic rings. The van der Waals surface area contributed by atoms with Crippen molar-refractivity contribution in [3.63, 3.8) is 0 Å². The summed E-state index contributed by atoms with van der Waals surface area (Å²) in [5.41, 5.74) is -1.51. The standard InChI is InChI=1S/C28H35NO8/c1-13(30)20-19(31)12-16-9-15-10-17-18(29(5)6)11-14(7-8-37-27(2,3)4)23(32)22(17)24(33)21(15)26(35)28(16,36)25(20)34/h11,15-16,32-34,36H,7-10,12H2,1-6H3/t15-,16+,28-/m1/s1. The zero-order valence-corrected chi connectivity index (χ0v) is 22.1. The van der Waals surface area contributed by atoms with E-state index in [1.165, 1.54) is 0 Å². The zero-order valence-electron chi connectivity index (χ0n) is 22.1. The van der Waals surface area contributed by atoms with E-state index in [0.29, 0.717) is 24.2 Å². The van der Waals surface area contributed by atoms with Crippen LogP contribution in [0.5, 0.6) is 5.75 Å². The lowest BCUT2D eigenvalue weighted by Crippen LogP contribution is -2.57. The second kappa shape index (κ2) is 8.99. The van der Waals surface area contributed by atoms with Crippen LogP contribution in [0, 0.1) is 11.8 Å². The number of Topliss-reactive ketones (excluding diaryl/α,β-unsaturated/α-hetero) is 3. The Morgan fingerprint density at radius 2 is 1.81 bits per heavy atom. The lowest BCUT2D eigenvalue weighted by Gasteiger charge is -2.46. The zero-order chi connectivity index (χ0) is 27.6. The van der Waals surface area contributed by atoms with Crippen LogP contribution in [0.3, 0.4) is 0 Å². The van der Waals surface area contributed by atoms with Crippen LogP contribution in [0.1, 0.15) is 57.2 Å². The summed E-state index contributed by atoms with van der Waals surface area (Å²) in [7, 11) is 3.68. The molecule has 0 aliphatic heterocycles. The van der Waals surface area contributed by atoms with E-state index in [-0.39, 0.29) is 41.7 Å². The Morgan fingerprint density at radius 1 is 1.16 bits per heavy atom. The van der Waals surface area contributed by atoms with E-state index in [9.17, 15) is 34.8 Å². The summed E-state index contributed by atoms with van der Waals surface area (Å²) in [6.07, 6.45) is 0.510. The number of ketones is 3. The van der Waals surface area contributed by atoms with Gasteiger partial charge in [0, 0.05) is 37.7 Å². The van der Waals surface area contributed by atoms with E-state index in [2.05, 4.69) is 0 Å². The molecule has 200 valence electrons. The van der Waals surface area contributed by atoms with E-state index < -0.39 is 51.9 Å². The Kier molecular flexibility index (Phi) is 6.53. The van der Waals surface area contributed by atoms with Gasteiger partial charge in [0.1, 0.15) is 22.8 Å². The van der Waals surface area contributed by atoms with Crippen molar-refractivity contribution < 1.29 is 39.5 Å². The molecule has 0 heterocycles. The van der Waals surface area contributed by atoms with Gasteiger partial charge in [0.2, 0.25) is 5.78 Å². The van der Waals surface area contributed by atoms with E-state index >= 15 is 0 Å². The number of aliphatic hydroxyl groups is 3. The Labute approximate surface area is 216 Å². The van der Waals surface area contributed by atoms with Crippen LogP contribution < -0.4 is 4.90 Å². The van der Waals surface area contributed by atoms with Gasteiger partial charge in [-0.2, -0.15) is 0 Å². The molecule has 1 fully saturated rings. The minimum atomic E-state index is -2.50. The molecule has 0 bridgehead atoms. The fourth-order valence-electron chi connectivity index (χ4n) is 5.89. The SMILES string of the molecule is CC(=O)C1=C(O)[C@@]2(O)C(=O)C3=C(O)c4c(O)c(CCOC(C)(C)C)cc(N(C)C)c4C[C@H]3C[C@H]2CC1=O. The number of hydrogen-bond acceptors (Lipinski definition) is 9. The number of carbonyl (C=O) groups is 3. The molecule has 0 aromatic heterocycles. The number of carbonyl (C=O) groups excluding carboxylic acids is 3. The van der Waals surface area contributed by atoms with Gasteiger partial charge in [-0.05, 0) is 70.1 Å². The van der Waals surface area contributed by atoms with Gasteiger partial charge in [0.25, 0.3) is 0 Å². The number of aliphatic hydroxyl groups excluding tert-OH is 2. The quantitative estimate of drug-likeness (QED) is 0.437. The fourth-order valence-corrected chi connectivity index (χ4v) is 5.89. The highest BCUT2D eigenvalue weighted by atomic mass is 16.5. The third-order valence-corrected chi connectivity index (χ3v) is 7.61. The van der Waals surface area contributed by atoms with Crippen molar-refractivity contribution in [2.45, 2.75) is 64.6 Å². The molecular formula is C28H35NO8. The van der Waals surface area contributed by atoms with Crippen molar-refractivity contribution in [1.82, 2.24) is 0 Å². The Morgan fingerprint density at radius 3 is 2.38 bits per heavy atom. The number of aromatic hydroxyl groups is 1. The van der Waals surface area contributed by atoms with Gasteiger partial charge in [-0.1, -0.05) is 0 Å². The highest BCUT2D eigenvalue weighted by molar-refractivity contribution is 6.23. The molecule has 3 aliphatic carbocycles. The number of anilines is 1. The number of ether oxygens (including phenoxy) is 1. The number of hydrogen-bond donors (Lipinski definition) is 4. The summed E-state index contributed by atoms with van der Waals surface area (Å²) in [5.74, 6) is -5.39. The minimum absolute atomic E-state index is 0.112. The van der Waals surface area contributed by atoms with Gasteiger partial charge in [-0.3, -0.25) is 14.4 Å². The second-order valence-electron chi connectivity index (χ2n) is 11.5. The molecule has 1 aromatic carbocycles. The largest absolute Gasteiger partial charge is 0.508 e. The Bertz CT molecular complexity index is 1270. The van der Waals surface area contributed by atoms with Crippen molar-refractivity contribution in [3.05, 3.63) is 39.7 Å². The van der Waals surface area contributed by atoms with Gasteiger partial charge in [0.15, 0.2) is 17.2 Å². The molecule has 9 nitrogen and oxygen atoms in total. The van der Waals surface area contributed by atoms with Crippen LogP contribution in [0.2, 0.25) is 0 Å². The first-order valence-electron chi connectivity index (χ1n) is 12.5. The van der Waals surface area contributed by atoms with Gasteiger partial charge in [-0.15, -0.1) is 0 Å². The van der Waals surface area contributed by atoms with Crippen LogP contribution in [0.15, 0.2) is 23.0 Å². The molecule has 1 aromatic rings. The molecule has 37 heavy (non-hydrogen) atoms. The van der Waals surface area contributed by atoms with E-state index in [1.54, 1.807) is 0 Å². The van der Waals surface area contributed by atoms with Gasteiger partial charge in [-0.25, -0.2) is 0 Å². The smallest absolute Gasteiger partial charge is 0.202 e. The first-order valence-corrected chi connectivity index (χ1v) is 12.5. The van der Waals surface area contributed by atoms with Crippen LogP contribution in [-0.2, 0) is 32.0 Å². The molecule has 0 spiro atoms. The number of allylic oxidation sites excluding steroid dienone is 1. The predicted octanol–water partition coefficient (Wildman–Crippen LogP) is 2.95. The Balaban J connectivity index is 1.87. The maximum Gasteiger partial charge on any atom is 0.202 e. The topological polar surface area (TPSA) is 145 Å². The Hall–Kier alpha value is -3.17. The summed E-state index contributed by atoms with van der Waals surface area (Å²) in [5, 5.41) is 44.9. The molecule has 0 amide bonds. The monoisotopic (exact) mass is 513 g/mol. The molecule has 0 unspecified atom stereocenters. The molecule has 0 radical (unpaired) electrons. The molecule has 0 saturated heterocycles. The van der Waals surface area contributed by atoms with Crippen molar-refractivity contribution in [2.24, 2.45) is 11.8 Å². The first kappa shape index (κ1) is 26.9. The predicted molar refractivity (Wildman–Crippen MR) is 137 cm³/mol. The van der Waals surface area contributed by atoms with Crippen molar-refractivity contribution in [2.75, 3.05) is 25.6 Å². The molecule has 1 saturated carbocycles. The van der Waals surface area contributed by atoms with Crippen molar-refractivity contribution in [3.8, 4) is 5.75 Å². The summed E-state index contributed by atoms with van der Waals surface area (Å²) < 4.78 is 5.81. The second-order valence-corrected chi connectivity index (χ2v) is 11.5. The minimum Gasteiger partial charge on any atom is -0.508 e. The summed E-state index contributed by atoms with van der Waals surface area (Å²) in [4.78, 5) is 40.2. The summed E-state index contributed by atoms with van der Waals surface area (Å²) in [6.45, 7) is 7.18. The maximum atomic E-state index is 13.7. The number of phenols is 1. The van der Waals surface area contributed by atoms with Crippen LogP contribution in [0.25, 0.3) is 5.76 Å². The lowest BCUT2D eigenvalue weighted by atomic mass is 9.59. The van der Waals surface area contributed by atoms with Crippen molar-refractivity contribution >= 4 is 28.8 Å². The molecule has 4 rings (SSSR count). The molecule has 3 atom stereocenters. The van der Waals surface area contributed by atoms with Crippen LogP contribution >= 0.6 is 0 Å². The lowest BCUT2D eigenvalue weighted by molar-refractivity contribution is -0.147. The number of nitrogens with zero attached hydrogens (tertiary/aromatic N) is 1. The maximum absolute atomic E-state index is 13.7. The van der Waals surface area contributed by atoms with E-state index in [1.807, 2.05) is 45.8 Å². The first-order chi connectivity index (χ1) is 17.1. The van der Waals surface area contributed by atoms with Crippen molar-refractivity contribution in [1.29, 1.82) is 0 Å². The number of fused-ring (bicyclic) bond motifs is 3. The molecular weight excluding hydrogens is 478 g/mol. The summed E-state index contributed by atoms with van der Waals surface area (Å²) >= 11 is 0. The number of phenolic OH excluding ortho intramolecular Hbond substituents is 1. The van der Waals surface area contributed by atoms with Crippen LogP contribution in [-0.4, -0.2) is 69.7 Å². The van der Waals surface area contributed by atoms with E-state index in [0.717, 1.165) is 12.6 Å². The van der Waals surface area contributed by atoms with Gasteiger partial charge in [0.05, 0.1) is 17.8 Å². The van der Waals surface area contributed by atoms with E-state index in [4.69, 9.17) is 4.74 Å². The average Bonchev–Trinajstić information content (AvgIpc) is 2.76. The highest BCUT2D eigenvalue weighted by Crippen LogP contribution is 2.53. The summed E-state index contributed by atoms with van der Waals surface area (Å²) in [6, 6.07) is 1.84. The van der Waals surface area contributed by atoms with Crippen LogP contribution in [0.4, 0.5) is 5.69 Å². The molecule has 4 N–H and O–H groups in total. The number of rotatable bonds is 5. The molecule has 9 heteroatoms. The third-order valence-electron chi connectivity index (χ3n) is 7.61. The highest BCUT2D eigenvalue weighted by Gasteiger charge is 2.60. The third kappa shape index (κ3) is 4.24. The van der Waals surface area contributed by atoms with Gasteiger partial charge >= 0.3 is 0 Å². The average molecular weight is 514 g/mol.